The Morgan fingerprint density at radius 3 is 2.67 bits per heavy atom. The SMILES string of the molecule is CCO/C(=C\[C@H]1CCCCOC1=O)C1=C(Cl)[C@@H](OC)[C@H](OC)[C@@H](COC)O1. The van der Waals surface area contributed by atoms with Crippen LogP contribution in [0.5, 0.6) is 0 Å². The summed E-state index contributed by atoms with van der Waals surface area (Å²) in [6, 6.07) is 0. The molecule has 0 spiro atoms. The van der Waals surface area contributed by atoms with E-state index < -0.39 is 24.2 Å². The molecule has 0 unspecified atom stereocenters. The summed E-state index contributed by atoms with van der Waals surface area (Å²) in [5.74, 6) is 0.0854. The quantitative estimate of drug-likeness (QED) is 0.455. The Balaban J connectivity index is 2.40. The zero-order valence-corrected chi connectivity index (χ0v) is 17.1. The van der Waals surface area contributed by atoms with Gasteiger partial charge >= 0.3 is 5.97 Å². The summed E-state index contributed by atoms with van der Waals surface area (Å²) in [7, 11) is 4.70. The van der Waals surface area contributed by atoms with Crippen LogP contribution < -0.4 is 0 Å². The van der Waals surface area contributed by atoms with Crippen molar-refractivity contribution in [1.29, 1.82) is 0 Å². The van der Waals surface area contributed by atoms with Crippen LogP contribution in [0.2, 0.25) is 0 Å². The number of hydrogen-bond acceptors (Lipinski definition) is 7. The van der Waals surface area contributed by atoms with Gasteiger partial charge in [-0.05, 0) is 32.3 Å². The van der Waals surface area contributed by atoms with Crippen LogP contribution in [0.25, 0.3) is 0 Å². The number of halogens is 1. The monoisotopic (exact) mass is 404 g/mol. The zero-order chi connectivity index (χ0) is 19.8. The minimum absolute atomic E-state index is 0.260. The van der Waals surface area contributed by atoms with Gasteiger partial charge in [-0.1, -0.05) is 11.6 Å². The second-order valence-electron chi connectivity index (χ2n) is 6.38. The molecule has 1 saturated heterocycles. The van der Waals surface area contributed by atoms with Crippen molar-refractivity contribution >= 4 is 17.6 Å². The molecule has 7 nitrogen and oxygen atoms in total. The first kappa shape index (κ1) is 22.0. The summed E-state index contributed by atoms with van der Waals surface area (Å²) < 4.78 is 33.4. The van der Waals surface area contributed by atoms with Crippen LogP contribution in [-0.2, 0) is 33.2 Å². The van der Waals surface area contributed by atoms with Crippen LogP contribution in [0.4, 0.5) is 0 Å². The largest absolute Gasteiger partial charge is 0.490 e. The number of carbonyl (C=O) groups is 1. The highest BCUT2D eigenvalue weighted by Gasteiger charge is 2.42. The van der Waals surface area contributed by atoms with Crippen molar-refractivity contribution in [3.8, 4) is 0 Å². The number of carbonyl (C=O) groups excluding carboxylic acids is 1. The summed E-state index contributed by atoms with van der Waals surface area (Å²) in [6.45, 7) is 2.99. The van der Waals surface area contributed by atoms with Gasteiger partial charge in [0.05, 0.1) is 30.8 Å². The first-order chi connectivity index (χ1) is 13.1. The van der Waals surface area contributed by atoms with Gasteiger partial charge in [-0.2, -0.15) is 0 Å². The lowest BCUT2D eigenvalue weighted by molar-refractivity contribution is -0.145. The molecular weight excluding hydrogens is 376 g/mol. The summed E-state index contributed by atoms with van der Waals surface area (Å²) >= 11 is 6.58. The average Bonchev–Trinajstić information content (AvgIpc) is 2.86. The maximum atomic E-state index is 12.2. The molecule has 0 aliphatic carbocycles. The van der Waals surface area contributed by atoms with Gasteiger partial charge in [0.25, 0.3) is 0 Å². The highest BCUT2D eigenvalue weighted by Crippen LogP contribution is 2.36. The summed E-state index contributed by atoms with van der Waals surface area (Å²) in [5, 5.41) is 0.332. The molecule has 0 aromatic heterocycles. The third-order valence-corrected chi connectivity index (χ3v) is 4.98. The molecule has 0 saturated carbocycles. The number of methoxy groups -OCH3 is 3. The fraction of sp³-hybridized carbons (Fsp3) is 0.737. The Labute approximate surface area is 165 Å². The maximum absolute atomic E-state index is 12.2. The van der Waals surface area contributed by atoms with E-state index in [1.54, 1.807) is 27.4 Å². The predicted octanol–water partition coefficient (Wildman–Crippen LogP) is 2.78. The first-order valence-corrected chi connectivity index (χ1v) is 9.57. The number of cyclic esters (lactones) is 1. The van der Waals surface area contributed by atoms with Crippen molar-refractivity contribution in [2.75, 3.05) is 41.2 Å². The molecule has 2 aliphatic rings. The molecule has 0 radical (unpaired) electrons. The van der Waals surface area contributed by atoms with Gasteiger partial charge in [0.1, 0.15) is 12.2 Å². The van der Waals surface area contributed by atoms with E-state index in [0.717, 1.165) is 12.8 Å². The highest BCUT2D eigenvalue weighted by molar-refractivity contribution is 6.30. The topological polar surface area (TPSA) is 72.5 Å². The molecule has 0 bridgehead atoms. The van der Waals surface area contributed by atoms with Gasteiger partial charge < -0.3 is 28.4 Å². The van der Waals surface area contributed by atoms with Crippen molar-refractivity contribution in [1.82, 2.24) is 0 Å². The van der Waals surface area contributed by atoms with Gasteiger partial charge in [-0.15, -0.1) is 0 Å². The van der Waals surface area contributed by atoms with Gasteiger partial charge in [-0.3, -0.25) is 4.79 Å². The van der Waals surface area contributed by atoms with E-state index in [2.05, 4.69) is 0 Å². The molecule has 4 atom stereocenters. The normalized spacial score (nSPS) is 29.8. The molecule has 2 heterocycles. The lowest BCUT2D eigenvalue weighted by Crippen LogP contribution is -2.48. The minimum Gasteiger partial charge on any atom is -0.490 e. The van der Waals surface area contributed by atoms with E-state index in [9.17, 15) is 4.79 Å². The Kier molecular flexibility index (Phi) is 8.89. The first-order valence-electron chi connectivity index (χ1n) is 9.19. The van der Waals surface area contributed by atoms with Crippen molar-refractivity contribution in [2.45, 2.75) is 44.5 Å². The van der Waals surface area contributed by atoms with Crippen molar-refractivity contribution < 1.29 is 33.2 Å². The predicted molar refractivity (Wildman–Crippen MR) is 99.2 cm³/mol. The molecule has 0 N–H and O–H groups in total. The van der Waals surface area contributed by atoms with Gasteiger partial charge in [-0.25, -0.2) is 0 Å². The third-order valence-electron chi connectivity index (χ3n) is 4.59. The van der Waals surface area contributed by atoms with Crippen LogP contribution in [0.3, 0.4) is 0 Å². The van der Waals surface area contributed by atoms with Crippen LogP contribution in [0.15, 0.2) is 22.6 Å². The van der Waals surface area contributed by atoms with Crippen LogP contribution in [0.1, 0.15) is 26.2 Å². The van der Waals surface area contributed by atoms with Gasteiger partial charge in [0.2, 0.25) is 0 Å². The fourth-order valence-electron chi connectivity index (χ4n) is 3.27. The van der Waals surface area contributed by atoms with E-state index >= 15 is 0 Å². The standard InChI is InChI=1S/C19H29ClO7/c1-5-25-13(10-12-8-6-7-9-26-19(12)21)16-15(20)18(24-4)17(23-3)14(27-16)11-22-2/h10,12,14,17-18H,5-9,11H2,1-4H3/b13-10-/t12-,14-,17-,18-/m1/s1. The summed E-state index contributed by atoms with van der Waals surface area (Å²) in [4.78, 5) is 12.2. The van der Waals surface area contributed by atoms with Crippen molar-refractivity contribution in [3.63, 3.8) is 0 Å². The fourth-order valence-corrected chi connectivity index (χ4v) is 3.62. The molecule has 27 heavy (non-hydrogen) atoms. The highest BCUT2D eigenvalue weighted by atomic mass is 35.5. The van der Waals surface area contributed by atoms with Crippen LogP contribution >= 0.6 is 11.6 Å². The minimum atomic E-state index is -0.537. The second kappa shape index (κ2) is 10.9. The van der Waals surface area contributed by atoms with Gasteiger partial charge in [0.15, 0.2) is 17.6 Å². The lowest BCUT2D eigenvalue weighted by Gasteiger charge is -2.37. The van der Waals surface area contributed by atoms with Crippen LogP contribution in [-0.4, -0.2) is 65.4 Å². The van der Waals surface area contributed by atoms with Gasteiger partial charge in [0, 0.05) is 21.3 Å². The Morgan fingerprint density at radius 1 is 1.26 bits per heavy atom. The van der Waals surface area contributed by atoms with E-state index in [0.29, 0.717) is 36.2 Å². The number of esters is 1. The smallest absolute Gasteiger partial charge is 0.312 e. The van der Waals surface area contributed by atoms with E-state index in [-0.39, 0.29) is 12.6 Å². The molecule has 2 rings (SSSR count). The molecular formula is C19H29ClO7. The lowest BCUT2D eigenvalue weighted by atomic mass is 9.99. The Bertz CT molecular complexity index is 560. The van der Waals surface area contributed by atoms with E-state index in [4.69, 9.17) is 40.0 Å². The number of rotatable bonds is 8. The molecule has 2 aliphatic heterocycles. The second-order valence-corrected chi connectivity index (χ2v) is 6.79. The number of ether oxygens (including phenoxy) is 6. The number of hydrogen-bond donors (Lipinski definition) is 0. The van der Waals surface area contributed by atoms with Crippen molar-refractivity contribution in [2.24, 2.45) is 5.92 Å². The molecule has 0 aromatic carbocycles. The zero-order valence-electron chi connectivity index (χ0n) is 16.4. The van der Waals surface area contributed by atoms with Crippen LogP contribution in [0, 0.1) is 5.92 Å². The molecule has 154 valence electrons. The Hall–Kier alpha value is -1.28. The molecule has 8 heteroatoms. The van der Waals surface area contributed by atoms with Crippen molar-refractivity contribution in [3.05, 3.63) is 22.6 Å². The average molecular weight is 405 g/mol. The Morgan fingerprint density at radius 2 is 2.04 bits per heavy atom. The summed E-state index contributed by atoms with van der Waals surface area (Å²) in [5.41, 5.74) is 0. The molecule has 1 fully saturated rings. The van der Waals surface area contributed by atoms with E-state index in [1.165, 1.54) is 0 Å². The summed E-state index contributed by atoms with van der Waals surface area (Å²) in [6.07, 6.45) is 2.78. The third kappa shape index (κ3) is 5.38. The molecule has 0 aromatic rings. The molecule has 0 amide bonds. The van der Waals surface area contributed by atoms with E-state index in [1.807, 2.05) is 6.92 Å². The maximum Gasteiger partial charge on any atom is 0.312 e.